The molecule has 1 unspecified atom stereocenters. The van der Waals surface area contributed by atoms with Crippen LogP contribution in [0.4, 0.5) is 0 Å². The van der Waals surface area contributed by atoms with Crippen LogP contribution >= 0.6 is 0 Å². The first kappa shape index (κ1) is 17.3. The number of aliphatic hydroxyl groups excluding tert-OH is 4. The van der Waals surface area contributed by atoms with Crippen molar-refractivity contribution in [2.45, 2.75) is 69.7 Å². The smallest absolute Gasteiger partial charge is 0.220 e. The molecule has 118 valence electrons. The van der Waals surface area contributed by atoms with Crippen molar-refractivity contribution < 1.29 is 30.0 Å². The number of ether oxygens (including phenoxy) is 1. The number of carbonyl (C=O) groups excluding carboxylic acids is 1. The Bertz CT molecular complexity index is 301. The highest BCUT2D eigenvalue weighted by atomic mass is 16.6. The quantitative estimate of drug-likeness (QED) is 0.379. The first-order valence-corrected chi connectivity index (χ1v) is 7.11. The van der Waals surface area contributed by atoms with E-state index in [1.165, 1.54) is 0 Å². The van der Waals surface area contributed by atoms with Gasteiger partial charge in [0, 0.05) is 6.42 Å². The molecule has 0 aromatic heterocycles. The van der Waals surface area contributed by atoms with Crippen LogP contribution in [0.25, 0.3) is 0 Å². The van der Waals surface area contributed by atoms with E-state index in [-0.39, 0.29) is 5.91 Å². The van der Waals surface area contributed by atoms with Gasteiger partial charge in [-0.15, -0.1) is 0 Å². The molecule has 7 nitrogen and oxygen atoms in total. The summed E-state index contributed by atoms with van der Waals surface area (Å²) in [7, 11) is 0. The van der Waals surface area contributed by atoms with Gasteiger partial charge in [-0.3, -0.25) is 4.79 Å². The van der Waals surface area contributed by atoms with Crippen LogP contribution in [-0.2, 0) is 9.53 Å². The van der Waals surface area contributed by atoms with E-state index in [1.807, 2.05) is 0 Å². The molecule has 1 aliphatic heterocycles. The van der Waals surface area contributed by atoms with E-state index in [1.54, 1.807) is 0 Å². The third-order valence-electron chi connectivity index (χ3n) is 3.49. The summed E-state index contributed by atoms with van der Waals surface area (Å²) in [5, 5.41) is 40.6. The van der Waals surface area contributed by atoms with Crippen LogP contribution in [0.1, 0.15) is 39.0 Å². The third kappa shape index (κ3) is 4.68. The zero-order valence-electron chi connectivity index (χ0n) is 11.7. The van der Waals surface area contributed by atoms with Crippen molar-refractivity contribution >= 4 is 5.91 Å². The van der Waals surface area contributed by atoms with Crippen molar-refractivity contribution in [3.63, 3.8) is 0 Å². The Labute approximate surface area is 118 Å². The minimum Gasteiger partial charge on any atom is -0.394 e. The maximum atomic E-state index is 11.7. The number of rotatable bonds is 7. The van der Waals surface area contributed by atoms with Gasteiger partial charge in [-0.1, -0.05) is 26.2 Å². The van der Waals surface area contributed by atoms with E-state index in [9.17, 15) is 20.1 Å². The lowest BCUT2D eigenvalue weighted by molar-refractivity contribution is -0.253. The first-order chi connectivity index (χ1) is 9.51. The summed E-state index contributed by atoms with van der Waals surface area (Å²) in [6, 6.07) is -1.09. The minimum atomic E-state index is -1.45. The molecule has 0 spiro atoms. The fourth-order valence-corrected chi connectivity index (χ4v) is 2.22. The Morgan fingerprint density at radius 3 is 2.45 bits per heavy atom. The summed E-state index contributed by atoms with van der Waals surface area (Å²) in [5.41, 5.74) is 0. The van der Waals surface area contributed by atoms with Gasteiger partial charge in [0.15, 0.2) is 6.29 Å². The second-order valence-corrected chi connectivity index (χ2v) is 5.13. The molecule has 0 bridgehead atoms. The number of nitrogens with one attached hydrogen (secondary N) is 1. The molecular formula is C13H25NO6. The van der Waals surface area contributed by atoms with Crippen LogP contribution in [0, 0.1) is 0 Å². The molecule has 1 rings (SSSR count). The number of hydrogen-bond acceptors (Lipinski definition) is 6. The van der Waals surface area contributed by atoms with Gasteiger partial charge in [-0.05, 0) is 6.42 Å². The lowest BCUT2D eigenvalue weighted by atomic mass is 9.97. The summed E-state index contributed by atoms with van der Waals surface area (Å²) >= 11 is 0. The standard InChI is InChI=1S/C13H25NO6/c1-2-3-4-5-6-9(16)14-10-12(18)11(17)8(7-15)20-13(10)19/h8,10-13,15,17-19H,2-7H2,1H3,(H,14,16)/t8?,10-,11+,12-,13+/m1/s1. The van der Waals surface area contributed by atoms with Crippen LogP contribution in [0.2, 0.25) is 0 Å². The average molecular weight is 291 g/mol. The maximum absolute atomic E-state index is 11.7. The normalized spacial score (nSPS) is 34.0. The van der Waals surface area contributed by atoms with Crippen LogP contribution < -0.4 is 5.32 Å². The SMILES string of the molecule is CCCCCCC(=O)N[C@@H]1[C@@H](O)[C@@H](O)C(CO)O[C@@H]1O. The second kappa shape index (κ2) is 8.53. The molecule has 0 aromatic rings. The van der Waals surface area contributed by atoms with Crippen molar-refractivity contribution in [2.24, 2.45) is 0 Å². The summed E-state index contributed by atoms with van der Waals surface area (Å²) in [6.45, 7) is 1.55. The largest absolute Gasteiger partial charge is 0.394 e. The van der Waals surface area contributed by atoms with Crippen LogP contribution in [0.3, 0.4) is 0 Å². The predicted molar refractivity (Wildman–Crippen MR) is 70.7 cm³/mol. The molecule has 0 aliphatic carbocycles. The molecular weight excluding hydrogens is 266 g/mol. The van der Waals surface area contributed by atoms with Gasteiger partial charge >= 0.3 is 0 Å². The second-order valence-electron chi connectivity index (χ2n) is 5.13. The molecule has 1 heterocycles. The summed E-state index contributed by atoms with van der Waals surface area (Å²) < 4.78 is 4.96. The van der Waals surface area contributed by atoms with Gasteiger partial charge in [0.05, 0.1) is 6.61 Å². The molecule has 0 radical (unpaired) electrons. The molecule has 1 saturated heterocycles. The summed E-state index contributed by atoms with van der Waals surface area (Å²) in [4.78, 5) is 11.7. The summed E-state index contributed by atoms with van der Waals surface area (Å²) in [5.74, 6) is -0.303. The minimum absolute atomic E-state index is 0.301. The van der Waals surface area contributed by atoms with Gasteiger partial charge in [0.25, 0.3) is 0 Å². The maximum Gasteiger partial charge on any atom is 0.220 e. The van der Waals surface area contributed by atoms with Crippen molar-refractivity contribution in [3.05, 3.63) is 0 Å². The van der Waals surface area contributed by atoms with Crippen LogP contribution in [0.5, 0.6) is 0 Å². The zero-order valence-corrected chi connectivity index (χ0v) is 11.7. The number of amides is 1. The molecule has 5 N–H and O–H groups in total. The van der Waals surface area contributed by atoms with E-state index >= 15 is 0 Å². The van der Waals surface area contributed by atoms with Gasteiger partial charge in [-0.2, -0.15) is 0 Å². The van der Waals surface area contributed by atoms with Crippen molar-refractivity contribution in [3.8, 4) is 0 Å². The van der Waals surface area contributed by atoms with E-state index in [0.717, 1.165) is 25.7 Å². The number of carbonyl (C=O) groups is 1. The van der Waals surface area contributed by atoms with E-state index in [0.29, 0.717) is 6.42 Å². The Hall–Kier alpha value is -0.730. The lowest BCUT2D eigenvalue weighted by Gasteiger charge is -2.40. The van der Waals surface area contributed by atoms with Crippen molar-refractivity contribution in [2.75, 3.05) is 6.61 Å². The van der Waals surface area contributed by atoms with Gasteiger partial charge in [-0.25, -0.2) is 0 Å². The molecule has 20 heavy (non-hydrogen) atoms. The number of aliphatic hydroxyl groups is 4. The highest BCUT2D eigenvalue weighted by Crippen LogP contribution is 2.19. The molecule has 1 fully saturated rings. The average Bonchev–Trinajstić information content (AvgIpc) is 2.43. The molecule has 1 amide bonds. The van der Waals surface area contributed by atoms with E-state index in [4.69, 9.17) is 9.84 Å². The van der Waals surface area contributed by atoms with E-state index < -0.39 is 37.3 Å². The highest BCUT2D eigenvalue weighted by molar-refractivity contribution is 5.76. The van der Waals surface area contributed by atoms with Gasteiger partial charge in [0.1, 0.15) is 24.4 Å². The Kier molecular flexibility index (Phi) is 7.39. The third-order valence-corrected chi connectivity index (χ3v) is 3.49. The Morgan fingerprint density at radius 2 is 1.85 bits per heavy atom. The molecule has 7 heteroatoms. The zero-order chi connectivity index (χ0) is 15.1. The van der Waals surface area contributed by atoms with Gasteiger partial charge in [0.2, 0.25) is 5.91 Å². The highest BCUT2D eigenvalue weighted by Gasteiger charge is 2.44. The molecule has 1 aliphatic rings. The Balaban J connectivity index is 2.43. The lowest BCUT2D eigenvalue weighted by Crippen LogP contribution is -2.64. The van der Waals surface area contributed by atoms with Crippen molar-refractivity contribution in [1.82, 2.24) is 5.32 Å². The van der Waals surface area contributed by atoms with Crippen LogP contribution in [-0.4, -0.2) is 63.6 Å². The Morgan fingerprint density at radius 1 is 1.15 bits per heavy atom. The fraction of sp³-hybridized carbons (Fsp3) is 0.923. The monoisotopic (exact) mass is 291 g/mol. The number of unbranched alkanes of at least 4 members (excludes halogenated alkanes) is 3. The number of hydrogen-bond donors (Lipinski definition) is 5. The van der Waals surface area contributed by atoms with Crippen molar-refractivity contribution in [1.29, 1.82) is 0 Å². The van der Waals surface area contributed by atoms with Crippen LogP contribution in [0.15, 0.2) is 0 Å². The first-order valence-electron chi connectivity index (χ1n) is 7.11. The van der Waals surface area contributed by atoms with Gasteiger partial charge < -0.3 is 30.5 Å². The molecule has 0 saturated carbocycles. The van der Waals surface area contributed by atoms with E-state index in [2.05, 4.69) is 12.2 Å². The fourth-order valence-electron chi connectivity index (χ4n) is 2.22. The summed E-state index contributed by atoms with van der Waals surface area (Å²) in [6.07, 6.45) is -1.12. The molecule has 5 atom stereocenters. The molecule has 0 aromatic carbocycles. The predicted octanol–water partition coefficient (Wildman–Crippen LogP) is -1.13. The topological polar surface area (TPSA) is 119 Å².